The minimum Gasteiger partial charge on any atom is -0.378 e. The van der Waals surface area contributed by atoms with Gasteiger partial charge >= 0.3 is 0 Å². The summed E-state index contributed by atoms with van der Waals surface area (Å²) in [6, 6.07) is 0. The van der Waals surface area contributed by atoms with Gasteiger partial charge in [-0.2, -0.15) is 0 Å². The number of thiophene rings is 1. The van der Waals surface area contributed by atoms with E-state index in [4.69, 9.17) is 4.74 Å². The molecule has 1 fully saturated rings. The van der Waals surface area contributed by atoms with Crippen LogP contribution in [-0.2, 0) is 15.3 Å². The fourth-order valence-corrected chi connectivity index (χ4v) is 4.34. The number of aryl methyl sites for hydroxylation is 2. The second-order valence-corrected chi connectivity index (χ2v) is 7.65. The van der Waals surface area contributed by atoms with E-state index >= 15 is 0 Å². The van der Waals surface area contributed by atoms with Crippen LogP contribution in [0.25, 0.3) is 10.2 Å². The molecule has 0 saturated carbocycles. The minimum atomic E-state index is -0.0908. The molecule has 1 aliphatic rings. The lowest BCUT2D eigenvalue weighted by Crippen LogP contribution is -2.41. The van der Waals surface area contributed by atoms with Crippen molar-refractivity contribution in [3.8, 4) is 0 Å². The van der Waals surface area contributed by atoms with Gasteiger partial charge < -0.3 is 14.6 Å². The van der Waals surface area contributed by atoms with Crippen LogP contribution in [0.2, 0.25) is 0 Å². The number of amides is 1. The molecule has 2 aromatic rings. The van der Waals surface area contributed by atoms with Crippen molar-refractivity contribution in [2.75, 3.05) is 32.1 Å². The summed E-state index contributed by atoms with van der Waals surface area (Å²) in [6.45, 7) is 6.48. The van der Waals surface area contributed by atoms with Crippen molar-refractivity contribution in [1.29, 1.82) is 0 Å². The van der Waals surface area contributed by atoms with Crippen molar-refractivity contribution in [3.63, 3.8) is 0 Å². The Kier molecular flexibility index (Phi) is 5.03. The summed E-state index contributed by atoms with van der Waals surface area (Å²) in [5, 5.41) is 0.686. The Morgan fingerprint density at radius 1 is 1.39 bits per heavy atom. The van der Waals surface area contributed by atoms with Gasteiger partial charge in [-0.3, -0.25) is 9.59 Å². The Morgan fingerprint density at radius 3 is 2.87 bits per heavy atom. The van der Waals surface area contributed by atoms with E-state index in [2.05, 4.69) is 9.97 Å². The Labute approximate surface area is 142 Å². The van der Waals surface area contributed by atoms with Gasteiger partial charge in [0, 0.05) is 18.0 Å². The third-order valence-corrected chi connectivity index (χ3v) is 5.95. The number of fused-ring (bicyclic) bond motifs is 1. The number of hydrogen-bond donors (Lipinski definition) is 1. The molecule has 3 rings (SSSR count). The second-order valence-electron chi connectivity index (χ2n) is 5.46. The van der Waals surface area contributed by atoms with E-state index in [0.29, 0.717) is 49.0 Å². The molecule has 0 spiro atoms. The molecule has 124 valence electrons. The van der Waals surface area contributed by atoms with E-state index in [1.807, 2.05) is 18.7 Å². The number of aromatic amines is 1. The number of aromatic nitrogens is 2. The molecule has 0 atom stereocenters. The number of hydrogen-bond acceptors (Lipinski definition) is 6. The maximum Gasteiger partial charge on any atom is 0.259 e. The predicted molar refractivity (Wildman–Crippen MR) is 93.3 cm³/mol. The Balaban J connectivity index is 1.63. The minimum absolute atomic E-state index is 0.0908. The van der Waals surface area contributed by atoms with E-state index in [-0.39, 0.29) is 11.5 Å². The van der Waals surface area contributed by atoms with Gasteiger partial charge in [-0.25, -0.2) is 4.98 Å². The molecule has 23 heavy (non-hydrogen) atoms. The summed E-state index contributed by atoms with van der Waals surface area (Å²) in [7, 11) is 0. The highest BCUT2D eigenvalue weighted by Gasteiger charge is 2.17. The van der Waals surface area contributed by atoms with Gasteiger partial charge in [0.25, 0.3) is 5.56 Å². The summed E-state index contributed by atoms with van der Waals surface area (Å²) in [4.78, 5) is 35.3. The van der Waals surface area contributed by atoms with Gasteiger partial charge in [0.2, 0.25) is 5.91 Å². The number of carbonyl (C=O) groups is 1. The van der Waals surface area contributed by atoms with Gasteiger partial charge in [-0.15, -0.1) is 23.1 Å². The highest BCUT2D eigenvalue weighted by molar-refractivity contribution is 7.99. The van der Waals surface area contributed by atoms with Crippen molar-refractivity contribution in [2.24, 2.45) is 0 Å². The Hall–Kier alpha value is -1.38. The fraction of sp³-hybridized carbons (Fsp3) is 0.533. The molecule has 1 saturated heterocycles. The summed E-state index contributed by atoms with van der Waals surface area (Å²) < 4.78 is 5.24. The molecule has 8 heteroatoms. The van der Waals surface area contributed by atoms with E-state index in [1.165, 1.54) is 11.8 Å². The van der Waals surface area contributed by atoms with Crippen molar-refractivity contribution < 1.29 is 9.53 Å². The van der Waals surface area contributed by atoms with Crippen LogP contribution >= 0.6 is 23.1 Å². The molecule has 1 aliphatic heterocycles. The number of H-pyrrole nitrogens is 1. The van der Waals surface area contributed by atoms with E-state index < -0.39 is 0 Å². The quantitative estimate of drug-likeness (QED) is 0.905. The average molecular weight is 353 g/mol. The zero-order valence-corrected chi connectivity index (χ0v) is 14.8. The largest absolute Gasteiger partial charge is 0.378 e. The molecule has 0 unspecified atom stereocenters. The van der Waals surface area contributed by atoms with E-state index in [0.717, 1.165) is 15.3 Å². The van der Waals surface area contributed by atoms with Crippen LogP contribution in [-0.4, -0.2) is 52.8 Å². The number of nitrogens with one attached hydrogen (secondary N) is 1. The standard InChI is InChI=1S/C15H19N3O3S2/c1-9-10(2)23-15-13(9)14(20)16-11(17-15)7-22-8-12(19)18-3-5-21-6-4-18/h3-8H2,1-2H3,(H,16,17,20). The molecule has 0 aromatic carbocycles. The summed E-state index contributed by atoms with van der Waals surface area (Å²) in [5.74, 6) is 1.66. The first-order valence-corrected chi connectivity index (χ1v) is 9.45. The number of rotatable bonds is 4. The second kappa shape index (κ2) is 7.02. The highest BCUT2D eigenvalue weighted by atomic mass is 32.2. The monoisotopic (exact) mass is 353 g/mol. The average Bonchev–Trinajstić information content (AvgIpc) is 2.83. The zero-order valence-electron chi connectivity index (χ0n) is 13.2. The topological polar surface area (TPSA) is 75.3 Å². The molecule has 0 aliphatic carbocycles. The number of ether oxygens (including phenoxy) is 1. The maximum absolute atomic E-state index is 12.2. The van der Waals surface area contributed by atoms with Crippen molar-refractivity contribution >= 4 is 39.2 Å². The molecule has 6 nitrogen and oxygen atoms in total. The summed E-state index contributed by atoms with van der Waals surface area (Å²) in [5.41, 5.74) is 0.910. The number of morpholine rings is 1. The third-order valence-electron chi connectivity index (χ3n) is 3.92. The van der Waals surface area contributed by atoms with Gasteiger partial charge in [-0.1, -0.05) is 0 Å². The normalized spacial score (nSPS) is 15.3. The van der Waals surface area contributed by atoms with Gasteiger partial charge in [-0.05, 0) is 19.4 Å². The lowest BCUT2D eigenvalue weighted by Gasteiger charge is -2.26. The van der Waals surface area contributed by atoms with Crippen molar-refractivity contribution in [2.45, 2.75) is 19.6 Å². The molecular weight excluding hydrogens is 334 g/mol. The number of nitrogens with zero attached hydrogens (tertiary/aromatic N) is 2. The zero-order chi connectivity index (χ0) is 16.4. The summed E-state index contributed by atoms with van der Waals surface area (Å²) in [6.07, 6.45) is 0. The molecule has 0 radical (unpaired) electrons. The van der Waals surface area contributed by atoms with Crippen molar-refractivity contribution in [3.05, 3.63) is 26.6 Å². The SMILES string of the molecule is Cc1sc2nc(CSCC(=O)N3CCOCC3)[nH]c(=O)c2c1C. The molecule has 1 amide bonds. The first-order chi connectivity index (χ1) is 11.1. The van der Waals surface area contributed by atoms with Crippen LogP contribution < -0.4 is 5.56 Å². The van der Waals surface area contributed by atoms with Crippen LogP contribution in [0, 0.1) is 13.8 Å². The number of thioether (sulfide) groups is 1. The first kappa shape index (κ1) is 16.5. The van der Waals surface area contributed by atoms with Gasteiger partial charge in [0.15, 0.2) is 0 Å². The van der Waals surface area contributed by atoms with E-state index in [1.54, 1.807) is 11.3 Å². The number of carbonyl (C=O) groups excluding carboxylic acids is 1. The molecular formula is C15H19N3O3S2. The smallest absolute Gasteiger partial charge is 0.259 e. The lowest BCUT2D eigenvalue weighted by molar-refractivity contribution is -0.132. The van der Waals surface area contributed by atoms with Crippen LogP contribution in [0.1, 0.15) is 16.3 Å². The Bertz CT molecular complexity index is 778. The predicted octanol–water partition coefficient (Wildman–Crippen LogP) is 1.69. The molecule has 2 aromatic heterocycles. The van der Waals surface area contributed by atoms with Gasteiger partial charge in [0.05, 0.1) is 30.1 Å². The fourth-order valence-electron chi connectivity index (χ4n) is 2.51. The van der Waals surface area contributed by atoms with Gasteiger partial charge in [0.1, 0.15) is 10.7 Å². The van der Waals surface area contributed by atoms with Crippen LogP contribution in [0.5, 0.6) is 0 Å². The molecule has 3 heterocycles. The highest BCUT2D eigenvalue weighted by Crippen LogP contribution is 2.26. The van der Waals surface area contributed by atoms with Crippen LogP contribution in [0.3, 0.4) is 0 Å². The third kappa shape index (κ3) is 3.59. The lowest BCUT2D eigenvalue weighted by atomic mass is 10.2. The maximum atomic E-state index is 12.2. The van der Waals surface area contributed by atoms with Crippen LogP contribution in [0.4, 0.5) is 0 Å². The Morgan fingerprint density at radius 2 is 2.13 bits per heavy atom. The van der Waals surface area contributed by atoms with E-state index in [9.17, 15) is 9.59 Å². The summed E-state index contributed by atoms with van der Waals surface area (Å²) >= 11 is 3.02. The van der Waals surface area contributed by atoms with Crippen molar-refractivity contribution in [1.82, 2.24) is 14.9 Å². The molecule has 0 bridgehead atoms. The van der Waals surface area contributed by atoms with Crippen LogP contribution in [0.15, 0.2) is 4.79 Å². The molecule has 1 N–H and O–H groups in total. The first-order valence-electron chi connectivity index (χ1n) is 7.48.